The number of nitrogens with zero attached hydrogens (tertiary/aromatic N) is 3. The van der Waals surface area contributed by atoms with Crippen molar-refractivity contribution in [1.82, 2.24) is 9.97 Å². The Hall–Kier alpha value is -2.14. The van der Waals surface area contributed by atoms with E-state index < -0.39 is 0 Å². The minimum Gasteiger partial charge on any atom is -0.383 e. The Morgan fingerprint density at radius 1 is 1.24 bits per heavy atom. The van der Waals surface area contributed by atoms with E-state index in [4.69, 9.17) is 4.74 Å². The van der Waals surface area contributed by atoms with Crippen molar-refractivity contribution in [3.63, 3.8) is 0 Å². The molecule has 0 saturated carbocycles. The summed E-state index contributed by atoms with van der Waals surface area (Å²) in [5, 5.41) is 3.24. The topological polar surface area (TPSA) is 50.3 Å². The van der Waals surface area contributed by atoms with Crippen LogP contribution in [0.15, 0.2) is 36.7 Å². The van der Waals surface area contributed by atoms with Gasteiger partial charge < -0.3 is 15.0 Å². The van der Waals surface area contributed by atoms with Crippen molar-refractivity contribution in [1.29, 1.82) is 0 Å². The molecule has 0 bridgehead atoms. The summed E-state index contributed by atoms with van der Waals surface area (Å²) in [6, 6.07) is 10.6. The third-order valence-corrected chi connectivity index (χ3v) is 3.72. The van der Waals surface area contributed by atoms with E-state index in [-0.39, 0.29) is 0 Å². The van der Waals surface area contributed by atoms with Crippen LogP contribution in [0.5, 0.6) is 0 Å². The number of fused-ring (bicyclic) bond motifs is 1. The van der Waals surface area contributed by atoms with Crippen LogP contribution >= 0.6 is 0 Å². The fourth-order valence-electron chi connectivity index (χ4n) is 2.59. The summed E-state index contributed by atoms with van der Waals surface area (Å²) in [6.07, 6.45) is 2.68. The fraction of sp³-hybridized carbons (Fsp3) is 0.375. The zero-order chi connectivity index (χ0) is 14.5. The molecule has 110 valence electrons. The number of aromatic nitrogens is 2. The van der Waals surface area contributed by atoms with Crippen LogP contribution in [-0.4, -0.2) is 36.8 Å². The van der Waals surface area contributed by atoms with Crippen LogP contribution in [0.4, 0.5) is 11.6 Å². The molecule has 0 radical (unpaired) electrons. The predicted octanol–water partition coefficient (Wildman–Crippen LogP) is 2.10. The second kappa shape index (κ2) is 6.54. The van der Waals surface area contributed by atoms with Crippen LogP contribution in [0.1, 0.15) is 11.1 Å². The lowest BCUT2D eigenvalue weighted by atomic mass is 10.00. The van der Waals surface area contributed by atoms with E-state index in [0.29, 0.717) is 6.61 Å². The van der Waals surface area contributed by atoms with Crippen LogP contribution in [0.3, 0.4) is 0 Å². The molecule has 1 aliphatic rings. The van der Waals surface area contributed by atoms with E-state index in [0.717, 1.165) is 37.7 Å². The average molecular weight is 284 g/mol. The van der Waals surface area contributed by atoms with Gasteiger partial charge in [0.1, 0.15) is 18.0 Å². The number of anilines is 2. The predicted molar refractivity (Wildman–Crippen MR) is 83.6 cm³/mol. The van der Waals surface area contributed by atoms with Gasteiger partial charge in [-0.3, -0.25) is 0 Å². The molecule has 2 heterocycles. The highest BCUT2D eigenvalue weighted by Gasteiger charge is 2.17. The summed E-state index contributed by atoms with van der Waals surface area (Å²) >= 11 is 0. The quantitative estimate of drug-likeness (QED) is 0.852. The smallest absolute Gasteiger partial charge is 0.134 e. The SMILES string of the molecule is COCCNc1cc(N2CCc3ccccc3C2)ncn1. The average Bonchev–Trinajstić information content (AvgIpc) is 2.55. The van der Waals surface area contributed by atoms with E-state index in [9.17, 15) is 0 Å². The summed E-state index contributed by atoms with van der Waals surface area (Å²) in [4.78, 5) is 11.0. The molecule has 0 fully saturated rings. The van der Waals surface area contributed by atoms with Crippen molar-refractivity contribution in [2.24, 2.45) is 0 Å². The molecular weight excluding hydrogens is 264 g/mol. The summed E-state index contributed by atoms with van der Waals surface area (Å²) in [5.74, 6) is 1.82. The Bertz CT molecular complexity index is 602. The molecule has 0 amide bonds. The van der Waals surface area contributed by atoms with Gasteiger partial charge in [-0.2, -0.15) is 0 Å². The Balaban J connectivity index is 1.71. The zero-order valence-corrected chi connectivity index (χ0v) is 12.2. The third kappa shape index (κ3) is 3.31. The maximum atomic E-state index is 5.03. The number of rotatable bonds is 5. The fourth-order valence-corrected chi connectivity index (χ4v) is 2.59. The molecule has 1 N–H and O–H groups in total. The van der Waals surface area contributed by atoms with Gasteiger partial charge >= 0.3 is 0 Å². The van der Waals surface area contributed by atoms with Crippen LogP contribution in [0, 0.1) is 0 Å². The number of hydrogen-bond acceptors (Lipinski definition) is 5. The van der Waals surface area contributed by atoms with Gasteiger partial charge in [-0.05, 0) is 17.5 Å². The Morgan fingerprint density at radius 2 is 2.10 bits per heavy atom. The first kappa shape index (κ1) is 13.8. The Labute approximate surface area is 125 Å². The van der Waals surface area contributed by atoms with E-state index in [2.05, 4.69) is 44.5 Å². The summed E-state index contributed by atoms with van der Waals surface area (Å²) in [7, 11) is 1.69. The van der Waals surface area contributed by atoms with Crippen LogP contribution in [0.2, 0.25) is 0 Å². The molecule has 2 aromatic rings. The van der Waals surface area contributed by atoms with Gasteiger partial charge in [-0.15, -0.1) is 0 Å². The van der Waals surface area contributed by atoms with Crippen molar-refractivity contribution in [3.8, 4) is 0 Å². The molecule has 0 atom stereocenters. The molecule has 1 aromatic heterocycles. The maximum absolute atomic E-state index is 5.03. The summed E-state index contributed by atoms with van der Waals surface area (Å²) in [6.45, 7) is 3.31. The van der Waals surface area contributed by atoms with Crippen molar-refractivity contribution >= 4 is 11.6 Å². The molecule has 3 rings (SSSR count). The van der Waals surface area contributed by atoms with E-state index in [1.807, 2.05) is 6.07 Å². The van der Waals surface area contributed by atoms with Crippen LogP contribution in [0.25, 0.3) is 0 Å². The van der Waals surface area contributed by atoms with Gasteiger partial charge in [0.05, 0.1) is 6.61 Å². The minimum atomic E-state index is 0.663. The van der Waals surface area contributed by atoms with Crippen molar-refractivity contribution in [2.45, 2.75) is 13.0 Å². The van der Waals surface area contributed by atoms with E-state index in [1.54, 1.807) is 13.4 Å². The largest absolute Gasteiger partial charge is 0.383 e. The van der Waals surface area contributed by atoms with Crippen molar-refractivity contribution in [2.75, 3.05) is 37.0 Å². The third-order valence-electron chi connectivity index (χ3n) is 3.72. The summed E-state index contributed by atoms with van der Waals surface area (Å²) < 4.78 is 5.03. The normalized spacial score (nSPS) is 13.9. The van der Waals surface area contributed by atoms with Gasteiger partial charge in [0.2, 0.25) is 0 Å². The first-order valence-corrected chi connectivity index (χ1v) is 7.23. The van der Waals surface area contributed by atoms with Crippen molar-refractivity contribution < 1.29 is 4.74 Å². The van der Waals surface area contributed by atoms with Gasteiger partial charge in [-0.25, -0.2) is 9.97 Å². The number of methoxy groups -OCH3 is 1. The molecule has 5 heteroatoms. The maximum Gasteiger partial charge on any atom is 0.134 e. The molecule has 0 saturated heterocycles. The lowest BCUT2D eigenvalue weighted by Crippen LogP contribution is -2.31. The monoisotopic (exact) mass is 284 g/mol. The molecule has 0 unspecified atom stereocenters. The highest BCUT2D eigenvalue weighted by atomic mass is 16.5. The minimum absolute atomic E-state index is 0.663. The molecule has 0 spiro atoms. The summed E-state index contributed by atoms with van der Waals surface area (Å²) in [5.41, 5.74) is 2.83. The molecular formula is C16H20N4O. The zero-order valence-electron chi connectivity index (χ0n) is 12.2. The highest BCUT2D eigenvalue weighted by Crippen LogP contribution is 2.23. The van der Waals surface area contributed by atoms with Crippen molar-refractivity contribution in [3.05, 3.63) is 47.8 Å². The molecule has 21 heavy (non-hydrogen) atoms. The second-order valence-electron chi connectivity index (χ2n) is 5.12. The van der Waals surface area contributed by atoms with Gasteiger partial charge in [0, 0.05) is 32.8 Å². The van der Waals surface area contributed by atoms with Gasteiger partial charge in [-0.1, -0.05) is 24.3 Å². The Kier molecular flexibility index (Phi) is 4.31. The standard InChI is InChI=1S/C16H20N4O/c1-21-9-7-17-15-10-16(19-12-18-15)20-8-6-13-4-2-3-5-14(13)11-20/h2-5,10,12H,6-9,11H2,1H3,(H,17,18,19). The second-order valence-corrected chi connectivity index (χ2v) is 5.12. The van der Waals surface area contributed by atoms with E-state index >= 15 is 0 Å². The highest BCUT2D eigenvalue weighted by molar-refractivity contribution is 5.50. The van der Waals surface area contributed by atoms with E-state index in [1.165, 1.54) is 11.1 Å². The number of nitrogens with one attached hydrogen (secondary N) is 1. The van der Waals surface area contributed by atoms with Gasteiger partial charge in [0.25, 0.3) is 0 Å². The molecule has 5 nitrogen and oxygen atoms in total. The lowest BCUT2D eigenvalue weighted by Gasteiger charge is -2.29. The van der Waals surface area contributed by atoms with Crippen LogP contribution < -0.4 is 10.2 Å². The number of ether oxygens (including phenoxy) is 1. The van der Waals surface area contributed by atoms with Gasteiger partial charge in [0.15, 0.2) is 0 Å². The lowest BCUT2D eigenvalue weighted by molar-refractivity contribution is 0.210. The molecule has 0 aliphatic carbocycles. The van der Waals surface area contributed by atoms with Crippen LogP contribution in [-0.2, 0) is 17.7 Å². The molecule has 1 aliphatic heterocycles. The number of hydrogen-bond donors (Lipinski definition) is 1. The first-order chi connectivity index (χ1) is 10.4. The Morgan fingerprint density at radius 3 is 2.95 bits per heavy atom. The molecule has 1 aromatic carbocycles. The number of benzene rings is 1. The first-order valence-electron chi connectivity index (χ1n) is 7.23.